The summed E-state index contributed by atoms with van der Waals surface area (Å²) < 4.78 is 27.9. The number of carbonyl (C=O) groups excluding carboxylic acids is 1. The average molecular weight is 382 g/mol. The van der Waals surface area contributed by atoms with E-state index in [-0.39, 0.29) is 0 Å². The molecule has 0 bridgehead atoms. The minimum absolute atomic E-state index is 0.533. The summed E-state index contributed by atoms with van der Waals surface area (Å²) in [6, 6.07) is 2.42. The first-order valence-corrected chi connectivity index (χ1v) is 7.45. The van der Waals surface area contributed by atoms with E-state index in [9.17, 15) is 13.6 Å². The molecule has 9 heteroatoms. The van der Waals surface area contributed by atoms with Gasteiger partial charge in [-0.2, -0.15) is 13.9 Å². The second kappa shape index (κ2) is 12.0. The standard InChI is InChI=1S/C9H10BrF2N5O.2C2H6/c10-6-1-2-7(15-3-6)9(11,12)8(18)4-17(14)5-16-13;2*1-2/h1-3,5H,4,13-14H2;2*1-2H3/b16-5-;;. The maximum atomic E-state index is 13.7. The van der Waals surface area contributed by atoms with Crippen LogP contribution in [0.1, 0.15) is 33.4 Å². The van der Waals surface area contributed by atoms with E-state index >= 15 is 0 Å². The van der Waals surface area contributed by atoms with Crippen molar-refractivity contribution in [2.45, 2.75) is 33.6 Å². The molecular weight excluding hydrogens is 360 g/mol. The first kappa shape index (κ1) is 22.7. The molecule has 0 saturated heterocycles. The molecule has 1 rings (SSSR count). The number of nitrogens with zero attached hydrogens (tertiary/aromatic N) is 3. The van der Waals surface area contributed by atoms with Crippen LogP contribution in [0.15, 0.2) is 27.9 Å². The van der Waals surface area contributed by atoms with Gasteiger partial charge in [-0.05, 0) is 28.1 Å². The monoisotopic (exact) mass is 381 g/mol. The van der Waals surface area contributed by atoms with Crippen molar-refractivity contribution in [1.82, 2.24) is 9.99 Å². The van der Waals surface area contributed by atoms with Crippen LogP contribution in [0.3, 0.4) is 0 Å². The molecule has 0 fully saturated rings. The summed E-state index contributed by atoms with van der Waals surface area (Å²) >= 11 is 3.06. The Bertz CT molecular complexity index is 454. The predicted octanol–water partition coefficient (Wildman–Crippen LogP) is 2.64. The van der Waals surface area contributed by atoms with Crippen molar-refractivity contribution in [1.29, 1.82) is 0 Å². The number of rotatable bonds is 5. The van der Waals surface area contributed by atoms with Crippen molar-refractivity contribution in [3.8, 4) is 0 Å². The molecule has 0 aliphatic rings. The van der Waals surface area contributed by atoms with Crippen LogP contribution in [0.4, 0.5) is 8.78 Å². The fraction of sp³-hybridized carbons (Fsp3) is 0.462. The summed E-state index contributed by atoms with van der Waals surface area (Å²) in [5, 5.41) is 3.67. The summed E-state index contributed by atoms with van der Waals surface area (Å²) in [5.41, 5.74) is -0.645. The summed E-state index contributed by atoms with van der Waals surface area (Å²) in [6.45, 7) is 7.27. The lowest BCUT2D eigenvalue weighted by molar-refractivity contribution is -0.145. The molecule has 1 heterocycles. The highest BCUT2D eigenvalue weighted by Crippen LogP contribution is 2.28. The Kier molecular flexibility index (Phi) is 12.4. The number of Topliss-reactive ketones (excluding diaryl/α,β-unsaturated/α-hetero) is 1. The third-order valence-electron chi connectivity index (χ3n) is 1.94. The lowest BCUT2D eigenvalue weighted by atomic mass is 10.1. The number of ketones is 1. The summed E-state index contributed by atoms with van der Waals surface area (Å²) in [5.74, 6) is 4.85. The van der Waals surface area contributed by atoms with Gasteiger partial charge in [0.1, 0.15) is 18.6 Å². The summed E-state index contributed by atoms with van der Waals surface area (Å²) in [4.78, 5) is 14.9. The third-order valence-corrected chi connectivity index (χ3v) is 2.41. The van der Waals surface area contributed by atoms with Gasteiger partial charge in [0, 0.05) is 10.7 Å². The average Bonchev–Trinajstić information content (AvgIpc) is 2.52. The van der Waals surface area contributed by atoms with Gasteiger partial charge in [0.25, 0.3) is 0 Å². The lowest BCUT2D eigenvalue weighted by Crippen LogP contribution is -2.41. The second-order valence-corrected chi connectivity index (χ2v) is 4.21. The first-order valence-electron chi connectivity index (χ1n) is 6.65. The molecule has 6 nitrogen and oxygen atoms in total. The van der Waals surface area contributed by atoms with Gasteiger partial charge in [-0.3, -0.25) is 14.8 Å². The molecule has 0 radical (unpaired) electrons. The van der Waals surface area contributed by atoms with Crippen molar-refractivity contribution >= 4 is 28.1 Å². The minimum atomic E-state index is -3.72. The number of alkyl halides is 2. The van der Waals surface area contributed by atoms with E-state index in [0.29, 0.717) is 9.48 Å². The largest absolute Gasteiger partial charge is 0.348 e. The van der Waals surface area contributed by atoms with Gasteiger partial charge in [0.05, 0.1) is 0 Å². The number of hydrazine groups is 1. The van der Waals surface area contributed by atoms with Crippen molar-refractivity contribution in [3.05, 3.63) is 28.5 Å². The Morgan fingerprint density at radius 3 is 2.36 bits per heavy atom. The molecule has 0 aliphatic heterocycles. The molecule has 0 aliphatic carbocycles. The minimum Gasteiger partial charge on any atom is -0.322 e. The van der Waals surface area contributed by atoms with Crippen LogP contribution in [0.25, 0.3) is 0 Å². The lowest BCUT2D eigenvalue weighted by Gasteiger charge is -2.17. The van der Waals surface area contributed by atoms with E-state index in [1.54, 1.807) is 0 Å². The van der Waals surface area contributed by atoms with Crippen molar-refractivity contribution in [3.63, 3.8) is 0 Å². The SMILES string of the molecule is CC.CC.N/N=C\N(N)CC(=O)C(F)(F)c1ccc(Br)cn1. The van der Waals surface area contributed by atoms with E-state index in [0.717, 1.165) is 12.4 Å². The second-order valence-electron chi connectivity index (χ2n) is 3.30. The fourth-order valence-corrected chi connectivity index (χ4v) is 1.33. The number of hydrogen-bond donors (Lipinski definition) is 2. The highest BCUT2D eigenvalue weighted by Gasteiger charge is 2.42. The van der Waals surface area contributed by atoms with Gasteiger partial charge in [-0.25, -0.2) is 5.84 Å². The number of aromatic nitrogens is 1. The zero-order valence-electron chi connectivity index (χ0n) is 13.1. The number of carbonyl (C=O) groups is 1. The Balaban J connectivity index is 0. The number of hydrogen-bond acceptors (Lipinski definition) is 5. The maximum absolute atomic E-state index is 13.7. The number of hydrazone groups is 1. The topological polar surface area (TPSA) is 97.6 Å². The summed E-state index contributed by atoms with van der Waals surface area (Å²) in [7, 11) is 0. The molecule has 0 aromatic carbocycles. The molecule has 22 heavy (non-hydrogen) atoms. The summed E-state index contributed by atoms with van der Waals surface area (Å²) in [6.07, 6.45) is 2.04. The molecule has 0 amide bonds. The molecule has 0 saturated carbocycles. The molecule has 4 N–H and O–H groups in total. The van der Waals surface area contributed by atoms with Gasteiger partial charge in [-0.1, -0.05) is 27.7 Å². The number of nitrogens with two attached hydrogens (primary N) is 2. The highest BCUT2D eigenvalue weighted by atomic mass is 79.9. The molecule has 0 spiro atoms. The van der Waals surface area contributed by atoms with E-state index < -0.39 is 23.9 Å². The van der Waals surface area contributed by atoms with Gasteiger partial charge < -0.3 is 5.84 Å². The van der Waals surface area contributed by atoms with Crippen LogP contribution in [-0.4, -0.2) is 28.7 Å². The van der Waals surface area contributed by atoms with Crippen LogP contribution >= 0.6 is 15.9 Å². The Hall–Kier alpha value is -1.61. The zero-order valence-corrected chi connectivity index (χ0v) is 14.6. The van der Waals surface area contributed by atoms with Gasteiger partial charge in [0.2, 0.25) is 5.78 Å². The Morgan fingerprint density at radius 2 is 1.95 bits per heavy atom. The van der Waals surface area contributed by atoms with Gasteiger partial charge in [-0.15, -0.1) is 0 Å². The first-order chi connectivity index (χ1) is 10.4. The molecule has 1 aromatic heterocycles. The van der Waals surface area contributed by atoms with Crippen molar-refractivity contribution in [2.24, 2.45) is 16.8 Å². The van der Waals surface area contributed by atoms with Crippen molar-refractivity contribution in [2.75, 3.05) is 6.54 Å². The third kappa shape index (κ3) is 7.41. The van der Waals surface area contributed by atoms with Crippen LogP contribution in [0.2, 0.25) is 0 Å². The van der Waals surface area contributed by atoms with Crippen LogP contribution in [0.5, 0.6) is 0 Å². The normalized spacial score (nSPS) is 10.2. The van der Waals surface area contributed by atoms with E-state index in [4.69, 9.17) is 11.7 Å². The Morgan fingerprint density at radius 1 is 1.41 bits per heavy atom. The van der Waals surface area contributed by atoms with E-state index in [1.165, 1.54) is 12.3 Å². The van der Waals surface area contributed by atoms with E-state index in [1.807, 2.05) is 27.7 Å². The zero-order chi connectivity index (χ0) is 17.8. The predicted molar refractivity (Wildman–Crippen MR) is 87.1 cm³/mol. The maximum Gasteiger partial charge on any atom is 0.348 e. The van der Waals surface area contributed by atoms with E-state index in [2.05, 4.69) is 26.0 Å². The van der Waals surface area contributed by atoms with Crippen molar-refractivity contribution < 1.29 is 13.6 Å². The Labute approximate surface area is 137 Å². The van der Waals surface area contributed by atoms with Crippen LogP contribution in [0, 0.1) is 0 Å². The molecular formula is C13H22BrF2N5O. The van der Waals surface area contributed by atoms with Gasteiger partial charge >= 0.3 is 5.92 Å². The quantitative estimate of drug-likeness (QED) is 0.353. The van der Waals surface area contributed by atoms with Crippen LogP contribution in [-0.2, 0) is 10.7 Å². The van der Waals surface area contributed by atoms with Gasteiger partial charge in [0.15, 0.2) is 0 Å². The number of pyridine rings is 1. The fourth-order valence-electron chi connectivity index (χ4n) is 1.10. The highest BCUT2D eigenvalue weighted by molar-refractivity contribution is 9.10. The number of halogens is 3. The molecule has 0 unspecified atom stereocenters. The molecule has 0 atom stereocenters. The smallest absolute Gasteiger partial charge is 0.322 e. The van der Waals surface area contributed by atoms with Crippen LogP contribution < -0.4 is 11.7 Å². The molecule has 126 valence electrons. The molecule has 1 aromatic rings.